The SMILES string of the molecule is CC(C)(C)OC(=O)N1CCN(c2ccc3c(n2)OCCNC3)CC1. The fourth-order valence-electron chi connectivity index (χ4n) is 2.78. The van der Waals surface area contributed by atoms with Crippen LogP contribution >= 0.6 is 0 Å². The van der Waals surface area contributed by atoms with E-state index in [1.165, 1.54) is 0 Å². The number of fused-ring (bicyclic) bond motifs is 1. The number of amides is 1. The topological polar surface area (TPSA) is 66.9 Å². The summed E-state index contributed by atoms with van der Waals surface area (Å²) in [6.07, 6.45) is -0.244. The summed E-state index contributed by atoms with van der Waals surface area (Å²) in [4.78, 5) is 20.7. The van der Waals surface area contributed by atoms with E-state index in [4.69, 9.17) is 9.47 Å². The minimum Gasteiger partial charge on any atom is -0.476 e. The molecule has 0 spiro atoms. The number of rotatable bonds is 1. The van der Waals surface area contributed by atoms with E-state index < -0.39 is 5.60 Å². The van der Waals surface area contributed by atoms with Crippen molar-refractivity contribution in [2.45, 2.75) is 32.9 Å². The number of carbonyl (C=O) groups is 1. The maximum absolute atomic E-state index is 12.1. The van der Waals surface area contributed by atoms with Crippen LogP contribution in [0.1, 0.15) is 26.3 Å². The first-order valence-corrected chi connectivity index (χ1v) is 8.49. The van der Waals surface area contributed by atoms with Gasteiger partial charge < -0.3 is 24.6 Å². The van der Waals surface area contributed by atoms with E-state index in [1.54, 1.807) is 4.90 Å². The van der Waals surface area contributed by atoms with E-state index in [0.717, 1.165) is 37.6 Å². The van der Waals surface area contributed by atoms with Crippen LogP contribution in [0.4, 0.5) is 10.6 Å². The summed E-state index contributed by atoms with van der Waals surface area (Å²) in [5.41, 5.74) is 0.627. The quantitative estimate of drug-likeness (QED) is 0.842. The van der Waals surface area contributed by atoms with Crippen LogP contribution in [-0.4, -0.2) is 60.9 Å². The van der Waals surface area contributed by atoms with Gasteiger partial charge in [0, 0.05) is 44.8 Å². The Hall–Kier alpha value is -2.02. The second-order valence-corrected chi connectivity index (χ2v) is 7.11. The Balaban J connectivity index is 1.61. The van der Waals surface area contributed by atoms with Crippen LogP contribution in [0.15, 0.2) is 12.1 Å². The van der Waals surface area contributed by atoms with E-state index >= 15 is 0 Å². The molecule has 1 fully saturated rings. The molecule has 24 heavy (non-hydrogen) atoms. The molecule has 3 rings (SSSR count). The molecule has 0 saturated carbocycles. The highest BCUT2D eigenvalue weighted by atomic mass is 16.6. The maximum atomic E-state index is 12.1. The zero-order chi connectivity index (χ0) is 17.2. The Bertz CT molecular complexity index is 592. The molecule has 0 aliphatic carbocycles. The molecular weight excluding hydrogens is 308 g/mol. The van der Waals surface area contributed by atoms with Crippen molar-refractivity contribution in [3.63, 3.8) is 0 Å². The molecule has 1 aromatic rings. The molecular formula is C17H26N4O3. The number of piperazine rings is 1. The number of hydrogen-bond acceptors (Lipinski definition) is 6. The Morgan fingerprint density at radius 3 is 2.71 bits per heavy atom. The lowest BCUT2D eigenvalue weighted by Gasteiger charge is -2.36. The van der Waals surface area contributed by atoms with Crippen molar-refractivity contribution in [3.8, 4) is 5.88 Å². The van der Waals surface area contributed by atoms with E-state index in [0.29, 0.717) is 25.6 Å². The molecule has 1 amide bonds. The van der Waals surface area contributed by atoms with Crippen LogP contribution in [0.3, 0.4) is 0 Å². The molecule has 2 aliphatic rings. The van der Waals surface area contributed by atoms with Crippen molar-refractivity contribution in [2.24, 2.45) is 0 Å². The number of aromatic nitrogens is 1. The summed E-state index contributed by atoms with van der Waals surface area (Å²) in [5.74, 6) is 1.62. The van der Waals surface area contributed by atoms with Crippen LogP contribution in [0.25, 0.3) is 0 Å². The van der Waals surface area contributed by atoms with Gasteiger partial charge in [0.2, 0.25) is 5.88 Å². The fraction of sp³-hybridized carbons (Fsp3) is 0.647. The Morgan fingerprint density at radius 2 is 2.00 bits per heavy atom. The first-order valence-electron chi connectivity index (χ1n) is 8.49. The molecule has 3 heterocycles. The minimum absolute atomic E-state index is 0.244. The van der Waals surface area contributed by atoms with E-state index in [-0.39, 0.29) is 6.09 Å². The molecule has 1 aromatic heterocycles. The van der Waals surface area contributed by atoms with Crippen LogP contribution in [-0.2, 0) is 11.3 Å². The third kappa shape index (κ3) is 4.08. The standard InChI is InChI=1S/C17H26N4O3/c1-17(2,3)24-16(22)21-9-7-20(8-10-21)14-5-4-13-12-18-6-11-23-15(13)19-14/h4-5,18H,6-12H2,1-3H3. The van der Waals surface area contributed by atoms with Gasteiger partial charge in [-0.2, -0.15) is 4.98 Å². The summed E-state index contributed by atoms with van der Waals surface area (Å²) >= 11 is 0. The average molecular weight is 334 g/mol. The molecule has 2 aliphatic heterocycles. The van der Waals surface area contributed by atoms with Gasteiger partial charge in [-0.15, -0.1) is 0 Å². The summed E-state index contributed by atoms with van der Waals surface area (Å²) in [7, 11) is 0. The molecule has 0 radical (unpaired) electrons. The van der Waals surface area contributed by atoms with Gasteiger partial charge in [0.05, 0.1) is 0 Å². The summed E-state index contributed by atoms with van der Waals surface area (Å²) < 4.78 is 11.1. The molecule has 7 nitrogen and oxygen atoms in total. The van der Waals surface area contributed by atoms with E-state index in [1.807, 2.05) is 26.8 Å². The van der Waals surface area contributed by atoms with Crippen molar-refractivity contribution < 1.29 is 14.3 Å². The second-order valence-electron chi connectivity index (χ2n) is 7.11. The van der Waals surface area contributed by atoms with Gasteiger partial charge >= 0.3 is 6.09 Å². The lowest BCUT2D eigenvalue weighted by atomic mass is 10.2. The minimum atomic E-state index is -0.460. The number of carbonyl (C=O) groups excluding carboxylic acids is 1. The third-order valence-electron chi connectivity index (χ3n) is 4.01. The van der Waals surface area contributed by atoms with Crippen molar-refractivity contribution in [1.82, 2.24) is 15.2 Å². The van der Waals surface area contributed by atoms with Crippen molar-refractivity contribution in [2.75, 3.05) is 44.2 Å². The monoisotopic (exact) mass is 334 g/mol. The largest absolute Gasteiger partial charge is 0.476 e. The zero-order valence-electron chi connectivity index (χ0n) is 14.7. The number of hydrogen-bond donors (Lipinski definition) is 1. The normalized spacial score (nSPS) is 18.5. The van der Waals surface area contributed by atoms with Crippen LogP contribution in [0.2, 0.25) is 0 Å². The van der Waals surface area contributed by atoms with Gasteiger partial charge in [0.1, 0.15) is 18.0 Å². The van der Waals surface area contributed by atoms with Gasteiger partial charge in [0.15, 0.2) is 0 Å². The summed E-state index contributed by atoms with van der Waals surface area (Å²) in [6.45, 7) is 10.7. The second kappa shape index (κ2) is 6.84. The number of nitrogens with zero attached hydrogens (tertiary/aromatic N) is 3. The van der Waals surface area contributed by atoms with Gasteiger partial charge in [-0.05, 0) is 32.9 Å². The molecule has 0 bridgehead atoms. The predicted molar refractivity (Wildman–Crippen MR) is 91.5 cm³/mol. The molecule has 1 N–H and O–H groups in total. The molecule has 0 unspecified atom stereocenters. The van der Waals surface area contributed by atoms with Gasteiger partial charge in [-0.25, -0.2) is 4.79 Å². The lowest BCUT2D eigenvalue weighted by molar-refractivity contribution is 0.0240. The zero-order valence-corrected chi connectivity index (χ0v) is 14.7. The van der Waals surface area contributed by atoms with E-state index in [9.17, 15) is 4.79 Å². The van der Waals surface area contributed by atoms with Gasteiger partial charge in [-0.1, -0.05) is 0 Å². The van der Waals surface area contributed by atoms with Crippen molar-refractivity contribution in [3.05, 3.63) is 17.7 Å². The molecule has 7 heteroatoms. The Labute approximate surface area is 142 Å². The van der Waals surface area contributed by atoms with Crippen molar-refractivity contribution in [1.29, 1.82) is 0 Å². The Kier molecular flexibility index (Phi) is 4.80. The molecule has 1 saturated heterocycles. The average Bonchev–Trinajstić information content (AvgIpc) is 2.78. The summed E-state index contributed by atoms with van der Waals surface area (Å²) in [5, 5.41) is 3.30. The van der Waals surface area contributed by atoms with Gasteiger partial charge in [0.25, 0.3) is 0 Å². The van der Waals surface area contributed by atoms with Crippen LogP contribution in [0.5, 0.6) is 5.88 Å². The highest BCUT2D eigenvalue weighted by Gasteiger charge is 2.26. The number of ether oxygens (including phenoxy) is 2. The molecule has 132 valence electrons. The smallest absolute Gasteiger partial charge is 0.410 e. The summed E-state index contributed by atoms with van der Waals surface area (Å²) in [6, 6.07) is 4.09. The number of anilines is 1. The fourth-order valence-corrected chi connectivity index (χ4v) is 2.78. The number of nitrogens with one attached hydrogen (secondary N) is 1. The Morgan fingerprint density at radius 1 is 1.25 bits per heavy atom. The lowest BCUT2D eigenvalue weighted by Crippen LogP contribution is -2.50. The highest BCUT2D eigenvalue weighted by molar-refractivity contribution is 5.68. The predicted octanol–water partition coefficient (Wildman–Crippen LogP) is 1.62. The number of pyridine rings is 1. The molecule has 0 aromatic carbocycles. The highest BCUT2D eigenvalue weighted by Crippen LogP contribution is 2.23. The third-order valence-corrected chi connectivity index (χ3v) is 4.01. The first kappa shape index (κ1) is 16.8. The van der Waals surface area contributed by atoms with Crippen LogP contribution in [0, 0.1) is 0 Å². The van der Waals surface area contributed by atoms with Gasteiger partial charge in [-0.3, -0.25) is 0 Å². The first-order chi connectivity index (χ1) is 11.4. The molecule has 0 atom stereocenters. The van der Waals surface area contributed by atoms with E-state index in [2.05, 4.69) is 21.3 Å². The maximum Gasteiger partial charge on any atom is 0.410 e. The van der Waals surface area contributed by atoms with Crippen molar-refractivity contribution >= 4 is 11.9 Å². The van der Waals surface area contributed by atoms with Crippen LogP contribution < -0.4 is 15.0 Å².